The van der Waals surface area contributed by atoms with Crippen LogP contribution in [-0.2, 0) is 4.79 Å². The highest BCUT2D eigenvalue weighted by atomic mass is 16.6. The molecule has 1 saturated heterocycles. The van der Waals surface area contributed by atoms with Crippen molar-refractivity contribution in [1.82, 2.24) is 10.6 Å². The number of amides is 3. The topological polar surface area (TPSA) is 143 Å². The van der Waals surface area contributed by atoms with Crippen molar-refractivity contribution in [1.29, 1.82) is 0 Å². The van der Waals surface area contributed by atoms with Crippen molar-refractivity contribution in [3.05, 3.63) is 69.9 Å². The number of carbonyl (C=O) groups excluding carboxylic acids is 2. The number of nitro groups is 1. The zero-order valence-corrected chi connectivity index (χ0v) is 16.3. The van der Waals surface area contributed by atoms with Crippen molar-refractivity contribution in [2.75, 3.05) is 12.4 Å². The Morgan fingerprint density at radius 3 is 2.63 bits per heavy atom. The summed E-state index contributed by atoms with van der Waals surface area (Å²) in [6, 6.07) is 7.80. The van der Waals surface area contributed by atoms with Crippen LogP contribution in [0.3, 0.4) is 0 Å². The Bertz CT molecular complexity index is 1050. The summed E-state index contributed by atoms with van der Waals surface area (Å²) in [5.74, 6) is -2.40. The summed E-state index contributed by atoms with van der Waals surface area (Å²) in [5.41, 5.74) is 0.903. The molecule has 2 aromatic rings. The average molecular weight is 412 g/mol. The molecule has 156 valence electrons. The van der Waals surface area contributed by atoms with Crippen molar-refractivity contribution >= 4 is 23.3 Å². The Labute approximate surface area is 171 Å². The number of hydrogen-bond donors (Lipinski definition) is 4. The Hall–Kier alpha value is -4.08. The lowest BCUT2D eigenvalue weighted by molar-refractivity contribution is -0.386. The van der Waals surface area contributed by atoms with Crippen molar-refractivity contribution in [2.45, 2.75) is 13.0 Å². The fourth-order valence-corrected chi connectivity index (χ4v) is 3.39. The van der Waals surface area contributed by atoms with Gasteiger partial charge in [-0.15, -0.1) is 0 Å². The molecule has 10 heteroatoms. The van der Waals surface area contributed by atoms with Gasteiger partial charge in [0.15, 0.2) is 5.75 Å². The van der Waals surface area contributed by atoms with Gasteiger partial charge in [-0.1, -0.05) is 24.8 Å². The number of phenols is 1. The molecule has 2 atom stereocenters. The van der Waals surface area contributed by atoms with E-state index in [-0.39, 0.29) is 17.0 Å². The summed E-state index contributed by atoms with van der Waals surface area (Å²) in [6.07, 6.45) is 0. The molecule has 0 unspecified atom stereocenters. The van der Waals surface area contributed by atoms with Gasteiger partial charge < -0.3 is 25.8 Å². The third kappa shape index (κ3) is 3.75. The fraction of sp³-hybridized carbons (Fsp3) is 0.200. The largest absolute Gasteiger partial charge is 0.504 e. The number of nitro benzene ring substituents is 1. The third-order valence-corrected chi connectivity index (χ3v) is 4.82. The second-order valence-electron chi connectivity index (χ2n) is 6.70. The van der Waals surface area contributed by atoms with Gasteiger partial charge in [-0.05, 0) is 30.7 Å². The first-order valence-corrected chi connectivity index (χ1v) is 8.91. The van der Waals surface area contributed by atoms with E-state index in [0.717, 1.165) is 5.56 Å². The van der Waals surface area contributed by atoms with Crippen LogP contribution in [0.25, 0.3) is 0 Å². The van der Waals surface area contributed by atoms with Crippen molar-refractivity contribution in [3.8, 4) is 11.5 Å². The van der Waals surface area contributed by atoms with Crippen LogP contribution in [-0.4, -0.2) is 29.1 Å². The Balaban J connectivity index is 2.08. The zero-order chi connectivity index (χ0) is 22.0. The second-order valence-corrected chi connectivity index (χ2v) is 6.70. The molecule has 1 heterocycles. The van der Waals surface area contributed by atoms with Crippen LogP contribution in [0, 0.1) is 23.0 Å². The lowest BCUT2D eigenvalue weighted by atomic mass is 9.87. The molecule has 30 heavy (non-hydrogen) atoms. The number of nitrogens with one attached hydrogen (secondary N) is 3. The minimum atomic E-state index is -1.12. The Morgan fingerprint density at radius 1 is 1.30 bits per heavy atom. The number of nitrogens with zero attached hydrogens (tertiary/aromatic N) is 1. The molecular formula is C20H20N4O6. The summed E-state index contributed by atoms with van der Waals surface area (Å²) >= 11 is 0. The maximum atomic E-state index is 13.1. The number of phenolic OH excluding ortho intramolecular Hbond substituents is 1. The number of para-hydroxylation sites is 1. The van der Waals surface area contributed by atoms with Gasteiger partial charge in [-0.25, -0.2) is 4.79 Å². The quantitative estimate of drug-likeness (QED) is 0.439. The van der Waals surface area contributed by atoms with Crippen molar-refractivity contribution in [3.63, 3.8) is 0 Å². The molecule has 1 aliphatic heterocycles. The number of rotatable bonds is 5. The highest BCUT2D eigenvalue weighted by molar-refractivity contribution is 5.97. The van der Waals surface area contributed by atoms with E-state index in [9.17, 15) is 24.8 Å². The number of methoxy groups -OCH3 is 1. The lowest BCUT2D eigenvalue weighted by Crippen LogP contribution is -2.52. The van der Waals surface area contributed by atoms with Crippen LogP contribution < -0.4 is 20.7 Å². The molecule has 4 N–H and O–H groups in total. The number of carbonyl (C=O) groups is 2. The Kier molecular flexibility index (Phi) is 5.58. The number of hydrogen-bond acceptors (Lipinski definition) is 6. The number of anilines is 1. The molecular weight excluding hydrogens is 392 g/mol. The van der Waals surface area contributed by atoms with E-state index in [1.165, 1.54) is 19.2 Å². The summed E-state index contributed by atoms with van der Waals surface area (Å²) in [6.45, 7) is 5.58. The van der Waals surface area contributed by atoms with Crippen LogP contribution in [0.5, 0.6) is 11.5 Å². The molecule has 3 rings (SSSR count). The van der Waals surface area contributed by atoms with E-state index in [1.54, 1.807) is 12.1 Å². The molecule has 0 spiro atoms. The van der Waals surface area contributed by atoms with Gasteiger partial charge in [-0.2, -0.15) is 0 Å². The number of aromatic hydroxyl groups is 1. The van der Waals surface area contributed by atoms with Crippen LogP contribution in [0.2, 0.25) is 0 Å². The van der Waals surface area contributed by atoms with E-state index < -0.39 is 40.3 Å². The van der Waals surface area contributed by atoms with Crippen LogP contribution in [0.15, 0.2) is 48.7 Å². The summed E-state index contributed by atoms with van der Waals surface area (Å²) in [4.78, 5) is 36.2. The molecule has 0 bridgehead atoms. The second kappa shape index (κ2) is 8.11. The average Bonchev–Trinajstić information content (AvgIpc) is 2.68. The van der Waals surface area contributed by atoms with E-state index in [2.05, 4.69) is 22.5 Å². The standard InChI is InChI=1S/C20H20N4O6/c1-10-6-4-5-7-13(10)22-19(26)15-11(2)21-20(27)23-16(15)12-8-9-14(25)18(30-3)17(12)24(28)29/h4-9,15-16,25H,2H2,1,3H3,(H,22,26)(H2,21,23,27)/t15-,16+/m1/s1. The van der Waals surface area contributed by atoms with Gasteiger partial charge >= 0.3 is 11.7 Å². The minimum absolute atomic E-state index is 0.00409. The number of urea groups is 1. The first-order valence-electron chi connectivity index (χ1n) is 8.91. The predicted octanol–water partition coefficient (Wildman–Crippen LogP) is 2.74. The molecule has 0 aliphatic carbocycles. The van der Waals surface area contributed by atoms with Crippen LogP contribution in [0.4, 0.5) is 16.2 Å². The summed E-state index contributed by atoms with van der Waals surface area (Å²) in [5, 5.41) is 29.4. The van der Waals surface area contributed by atoms with Gasteiger partial charge in [-0.3, -0.25) is 14.9 Å². The van der Waals surface area contributed by atoms with Crippen molar-refractivity contribution in [2.24, 2.45) is 5.92 Å². The lowest BCUT2D eigenvalue weighted by Gasteiger charge is -2.33. The molecule has 0 saturated carbocycles. The van der Waals surface area contributed by atoms with Gasteiger partial charge in [0.2, 0.25) is 11.7 Å². The van der Waals surface area contributed by atoms with Gasteiger partial charge in [0, 0.05) is 11.4 Å². The number of benzene rings is 2. The van der Waals surface area contributed by atoms with Crippen LogP contribution >= 0.6 is 0 Å². The zero-order valence-electron chi connectivity index (χ0n) is 16.3. The normalized spacial score (nSPS) is 18.2. The molecule has 0 radical (unpaired) electrons. The first kappa shape index (κ1) is 20.6. The molecule has 1 fully saturated rings. The maximum absolute atomic E-state index is 13.1. The highest BCUT2D eigenvalue weighted by Gasteiger charge is 2.42. The molecule has 3 amide bonds. The van der Waals surface area contributed by atoms with Gasteiger partial charge in [0.1, 0.15) is 5.92 Å². The highest BCUT2D eigenvalue weighted by Crippen LogP contribution is 2.44. The van der Waals surface area contributed by atoms with Gasteiger partial charge in [0.05, 0.1) is 23.6 Å². The van der Waals surface area contributed by atoms with Gasteiger partial charge in [0.25, 0.3) is 0 Å². The van der Waals surface area contributed by atoms with E-state index in [1.807, 2.05) is 19.1 Å². The predicted molar refractivity (Wildman–Crippen MR) is 108 cm³/mol. The molecule has 10 nitrogen and oxygen atoms in total. The Morgan fingerprint density at radius 2 is 2.00 bits per heavy atom. The minimum Gasteiger partial charge on any atom is -0.504 e. The first-order chi connectivity index (χ1) is 14.2. The number of aryl methyl sites for hydroxylation is 1. The SMILES string of the molecule is C=C1NC(=O)N[C@@H](c2ccc(O)c(OC)c2[N+](=O)[O-])[C@@H]1C(=O)Nc1ccccc1C. The number of ether oxygens (including phenoxy) is 1. The van der Waals surface area contributed by atoms with E-state index >= 15 is 0 Å². The van der Waals surface area contributed by atoms with E-state index in [4.69, 9.17) is 4.74 Å². The molecule has 1 aliphatic rings. The smallest absolute Gasteiger partial charge is 0.320 e. The van der Waals surface area contributed by atoms with Crippen molar-refractivity contribution < 1.29 is 24.4 Å². The monoisotopic (exact) mass is 412 g/mol. The maximum Gasteiger partial charge on any atom is 0.320 e. The van der Waals surface area contributed by atoms with Crippen LogP contribution in [0.1, 0.15) is 17.2 Å². The molecule has 2 aromatic carbocycles. The molecule has 0 aromatic heterocycles. The van der Waals surface area contributed by atoms with E-state index in [0.29, 0.717) is 5.69 Å². The third-order valence-electron chi connectivity index (χ3n) is 4.82. The fourth-order valence-electron chi connectivity index (χ4n) is 3.39. The summed E-state index contributed by atoms with van der Waals surface area (Å²) in [7, 11) is 1.17. The summed E-state index contributed by atoms with van der Waals surface area (Å²) < 4.78 is 4.99.